The number of amides is 1. The van der Waals surface area contributed by atoms with Crippen molar-refractivity contribution in [3.63, 3.8) is 0 Å². The van der Waals surface area contributed by atoms with Gasteiger partial charge >= 0.3 is 0 Å². The van der Waals surface area contributed by atoms with Crippen molar-refractivity contribution in [2.24, 2.45) is 0 Å². The third-order valence-electron chi connectivity index (χ3n) is 4.86. The Morgan fingerprint density at radius 1 is 1.29 bits per heavy atom. The second-order valence-corrected chi connectivity index (χ2v) is 6.69. The van der Waals surface area contributed by atoms with E-state index in [1.54, 1.807) is 24.0 Å². The third-order valence-corrected chi connectivity index (χ3v) is 4.86. The molecule has 1 aromatic carbocycles. The van der Waals surface area contributed by atoms with Gasteiger partial charge in [0.25, 0.3) is 11.5 Å². The summed E-state index contributed by atoms with van der Waals surface area (Å²) in [6, 6.07) is 2.77. The molecule has 2 aliphatic rings. The SMILES string of the molecule is C[C@H](Cn1ncnn1)n1nnc2cc3c(cc2c1=O)OC1COCCN1C3=O. The first-order valence-electron chi connectivity index (χ1n) is 8.81. The van der Waals surface area contributed by atoms with E-state index in [0.717, 1.165) is 0 Å². The van der Waals surface area contributed by atoms with Gasteiger partial charge in [0, 0.05) is 6.54 Å². The summed E-state index contributed by atoms with van der Waals surface area (Å²) in [5.41, 5.74) is 0.380. The van der Waals surface area contributed by atoms with Crippen molar-refractivity contribution in [2.75, 3.05) is 19.8 Å². The van der Waals surface area contributed by atoms with Crippen LogP contribution < -0.4 is 10.3 Å². The molecule has 0 radical (unpaired) electrons. The summed E-state index contributed by atoms with van der Waals surface area (Å²) in [7, 11) is 0. The first kappa shape index (κ1) is 16.7. The maximum Gasteiger partial charge on any atom is 0.278 e. The number of morpholine rings is 1. The summed E-state index contributed by atoms with van der Waals surface area (Å²) in [4.78, 5) is 28.7. The van der Waals surface area contributed by atoms with Gasteiger partial charge in [-0.2, -0.15) is 4.80 Å². The fourth-order valence-corrected chi connectivity index (χ4v) is 3.43. The van der Waals surface area contributed by atoms with Gasteiger partial charge < -0.3 is 9.47 Å². The number of aromatic nitrogens is 7. The molecule has 1 fully saturated rings. The van der Waals surface area contributed by atoms with Crippen LogP contribution in [0, 0.1) is 0 Å². The lowest BCUT2D eigenvalue weighted by Gasteiger charge is -2.39. The van der Waals surface area contributed by atoms with Crippen molar-refractivity contribution in [3.05, 3.63) is 34.4 Å². The molecule has 28 heavy (non-hydrogen) atoms. The van der Waals surface area contributed by atoms with E-state index in [1.807, 2.05) is 0 Å². The van der Waals surface area contributed by atoms with Crippen molar-refractivity contribution >= 4 is 16.8 Å². The summed E-state index contributed by atoms with van der Waals surface area (Å²) < 4.78 is 12.6. The highest BCUT2D eigenvalue weighted by Crippen LogP contribution is 2.31. The maximum atomic E-state index is 13.0. The number of benzene rings is 1. The predicted octanol–water partition coefficient (Wildman–Crippen LogP) is -0.770. The quantitative estimate of drug-likeness (QED) is 0.571. The van der Waals surface area contributed by atoms with E-state index in [-0.39, 0.29) is 17.5 Å². The van der Waals surface area contributed by atoms with Crippen LogP contribution in [0.5, 0.6) is 5.75 Å². The molecule has 0 bridgehead atoms. The zero-order valence-corrected chi connectivity index (χ0v) is 14.9. The van der Waals surface area contributed by atoms with E-state index in [9.17, 15) is 9.59 Å². The van der Waals surface area contributed by atoms with Gasteiger partial charge in [0.1, 0.15) is 17.9 Å². The number of carbonyl (C=O) groups excluding carboxylic acids is 1. The molecular formula is C16H16N8O4. The van der Waals surface area contributed by atoms with Crippen LogP contribution in [-0.4, -0.2) is 72.0 Å². The van der Waals surface area contributed by atoms with Crippen LogP contribution in [0.3, 0.4) is 0 Å². The minimum absolute atomic E-state index is 0.159. The van der Waals surface area contributed by atoms with Gasteiger partial charge in [-0.1, -0.05) is 5.21 Å². The zero-order valence-electron chi connectivity index (χ0n) is 14.9. The average molecular weight is 384 g/mol. The van der Waals surface area contributed by atoms with Crippen LogP contribution >= 0.6 is 0 Å². The lowest BCUT2D eigenvalue weighted by molar-refractivity contribution is -0.0813. The van der Waals surface area contributed by atoms with Gasteiger partial charge in [0.15, 0.2) is 12.6 Å². The van der Waals surface area contributed by atoms with Gasteiger partial charge in [0.2, 0.25) is 0 Å². The first-order valence-corrected chi connectivity index (χ1v) is 8.81. The second kappa shape index (κ2) is 6.34. The van der Waals surface area contributed by atoms with E-state index in [4.69, 9.17) is 9.47 Å². The number of hydrogen-bond donors (Lipinski definition) is 0. The number of tetrazole rings is 1. The van der Waals surface area contributed by atoms with Crippen molar-refractivity contribution < 1.29 is 14.3 Å². The Bertz CT molecular complexity index is 1110. The van der Waals surface area contributed by atoms with Gasteiger partial charge in [-0.15, -0.1) is 15.3 Å². The average Bonchev–Trinajstić information content (AvgIpc) is 3.21. The second-order valence-electron chi connectivity index (χ2n) is 6.69. The topological polar surface area (TPSA) is 130 Å². The minimum atomic E-state index is -0.486. The molecule has 0 saturated carbocycles. The summed E-state index contributed by atoms with van der Waals surface area (Å²) in [5, 5.41) is 19.9. The third kappa shape index (κ3) is 2.60. The first-order chi connectivity index (χ1) is 13.6. The molecule has 1 saturated heterocycles. The Kier molecular flexibility index (Phi) is 3.79. The predicted molar refractivity (Wildman–Crippen MR) is 92.6 cm³/mol. The number of ether oxygens (including phenoxy) is 2. The largest absolute Gasteiger partial charge is 0.467 e. The van der Waals surface area contributed by atoms with Gasteiger partial charge in [0.05, 0.1) is 30.1 Å². The lowest BCUT2D eigenvalue weighted by atomic mass is 10.1. The minimum Gasteiger partial charge on any atom is -0.467 e. The van der Waals surface area contributed by atoms with Crippen LogP contribution in [-0.2, 0) is 11.3 Å². The van der Waals surface area contributed by atoms with Crippen molar-refractivity contribution in [3.8, 4) is 5.75 Å². The smallest absolute Gasteiger partial charge is 0.278 e. The summed E-state index contributed by atoms with van der Waals surface area (Å²) in [6.07, 6.45) is 0.834. The number of fused-ring (bicyclic) bond motifs is 3. The van der Waals surface area contributed by atoms with E-state index >= 15 is 0 Å². The molecule has 0 spiro atoms. The molecule has 0 N–H and O–H groups in total. The molecular weight excluding hydrogens is 368 g/mol. The van der Waals surface area contributed by atoms with Crippen LogP contribution in [0.15, 0.2) is 23.3 Å². The van der Waals surface area contributed by atoms with E-state index < -0.39 is 6.23 Å². The Morgan fingerprint density at radius 2 is 2.18 bits per heavy atom. The van der Waals surface area contributed by atoms with Crippen LogP contribution in [0.1, 0.15) is 23.3 Å². The summed E-state index contributed by atoms with van der Waals surface area (Å²) in [5.74, 6) is 0.194. The standard InChI is InChI=1S/C16H16N8O4/c1-9(6-23-18-8-17-20-23)24-16(26)10-5-13-11(4-12(10)19-21-24)15(25)22-2-3-27-7-14(22)28-13/h4-5,8-9,14H,2-3,6-7H2,1H3/t9-,14?/m1/s1. The number of hydrogen-bond acceptors (Lipinski definition) is 9. The van der Waals surface area contributed by atoms with Gasteiger partial charge in [-0.25, -0.2) is 4.68 Å². The Hall–Kier alpha value is -3.41. The fourth-order valence-electron chi connectivity index (χ4n) is 3.43. The molecule has 2 aliphatic heterocycles. The maximum absolute atomic E-state index is 13.0. The number of nitrogens with zero attached hydrogens (tertiary/aromatic N) is 8. The monoisotopic (exact) mass is 384 g/mol. The number of rotatable bonds is 3. The molecule has 2 atom stereocenters. The Balaban J connectivity index is 1.55. The molecule has 3 aromatic rings. The normalized spacial score (nSPS) is 19.8. The molecule has 5 rings (SSSR count). The highest BCUT2D eigenvalue weighted by atomic mass is 16.6. The van der Waals surface area contributed by atoms with E-state index in [1.165, 1.54) is 15.8 Å². The lowest BCUT2D eigenvalue weighted by Crippen LogP contribution is -2.54. The highest BCUT2D eigenvalue weighted by Gasteiger charge is 2.36. The summed E-state index contributed by atoms with van der Waals surface area (Å²) >= 11 is 0. The molecule has 144 valence electrons. The molecule has 0 aliphatic carbocycles. The zero-order chi connectivity index (χ0) is 19.3. The Labute approximate surface area is 157 Å². The molecule has 4 heterocycles. The van der Waals surface area contributed by atoms with Gasteiger partial charge in [-0.05, 0) is 24.3 Å². The summed E-state index contributed by atoms with van der Waals surface area (Å²) in [6.45, 7) is 3.35. The van der Waals surface area contributed by atoms with Gasteiger partial charge in [-0.3, -0.25) is 14.5 Å². The van der Waals surface area contributed by atoms with Crippen LogP contribution in [0.2, 0.25) is 0 Å². The van der Waals surface area contributed by atoms with Crippen LogP contribution in [0.25, 0.3) is 10.9 Å². The van der Waals surface area contributed by atoms with Crippen molar-refractivity contribution in [2.45, 2.75) is 25.7 Å². The molecule has 12 nitrogen and oxygen atoms in total. The van der Waals surface area contributed by atoms with Crippen LogP contribution in [0.4, 0.5) is 0 Å². The molecule has 12 heteroatoms. The number of carbonyl (C=O) groups is 1. The van der Waals surface area contributed by atoms with E-state index in [0.29, 0.717) is 48.5 Å². The van der Waals surface area contributed by atoms with Crippen molar-refractivity contribution in [1.82, 2.24) is 40.1 Å². The fraction of sp³-hybridized carbons (Fsp3) is 0.438. The Morgan fingerprint density at radius 3 is 3.00 bits per heavy atom. The molecule has 1 amide bonds. The highest BCUT2D eigenvalue weighted by molar-refractivity contribution is 6.01. The molecule has 2 aromatic heterocycles. The van der Waals surface area contributed by atoms with Crippen molar-refractivity contribution in [1.29, 1.82) is 0 Å². The van der Waals surface area contributed by atoms with E-state index in [2.05, 4.69) is 25.7 Å². The molecule has 1 unspecified atom stereocenters.